The highest BCUT2D eigenvalue weighted by molar-refractivity contribution is 5.94. The first-order valence-electron chi connectivity index (χ1n) is 5.46. The van der Waals surface area contributed by atoms with Crippen molar-refractivity contribution in [2.45, 2.75) is 6.92 Å². The SMILES string of the molecule is CC1=N[N+](c2cc(-c3ccccc3)n[nH]2)C=C1. The summed E-state index contributed by atoms with van der Waals surface area (Å²) >= 11 is 0. The summed E-state index contributed by atoms with van der Waals surface area (Å²) < 4.78 is 0. The van der Waals surface area contributed by atoms with E-state index >= 15 is 0 Å². The molecule has 17 heavy (non-hydrogen) atoms. The molecule has 0 amide bonds. The molecule has 1 aromatic heterocycles. The molecule has 2 heterocycles. The third kappa shape index (κ3) is 1.90. The van der Waals surface area contributed by atoms with E-state index in [1.807, 2.05) is 55.6 Å². The molecule has 1 aliphatic heterocycles. The van der Waals surface area contributed by atoms with Gasteiger partial charge < -0.3 is 0 Å². The molecule has 0 bridgehead atoms. The highest BCUT2D eigenvalue weighted by atomic mass is 15.5. The van der Waals surface area contributed by atoms with E-state index in [2.05, 4.69) is 15.3 Å². The molecule has 0 unspecified atom stereocenters. The smallest absolute Gasteiger partial charge is 0.224 e. The number of H-pyrrole nitrogens is 1. The van der Waals surface area contributed by atoms with Crippen LogP contribution in [0.2, 0.25) is 0 Å². The van der Waals surface area contributed by atoms with Crippen molar-refractivity contribution in [2.24, 2.45) is 5.10 Å². The lowest BCUT2D eigenvalue weighted by atomic mass is 10.2. The second-order valence-corrected chi connectivity index (χ2v) is 3.91. The molecule has 0 saturated carbocycles. The number of aromatic nitrogens is 2. The van der Waals surface area contributed by atoms with Crippen LogP contribution in [0.4, 0.5) is 5.82 Å². The molecule has 3 rings (SSSR count). The van der Waals surface area contributed by atoms with Gasteiger partial charge >= 0.3 is 5.82 Å². The molecule has 1 aromatic carbocycles. The molecule has 1 aliphatic rings. The fraction of sp³-hybridized carbons (Fsp3) is 0.0769. The molecule has 1 radical (unpaired) electrons. The Labute approximate surface area is 99.3 Å². The number of rotatable bonds is 2. The Kier molecular flexibility index (Phi) is 2.34. The van der Waals surface area contributed by atoms with Crippen molar-refractivity contribution < 1.29 is 0 Å². The van der Waals surface area contributed by atoms with Gasteiger partial charge in [-0.05, 0) is 12.0 Å². The maximum Gasteiger partial charge on any atom is 0.308 e. The summed E-state index contributed by atoms with van der Waals surface area (Å²) in [5.41, 5.74) is 3.01. The molecule has 0 atom stereocenters. The predicted molar refractivity (Wildman–Crippen MR) is 68.1 cm³/mol. The Morgan fingerprint density at radius 2 is 2.00 bits per heavy atom. The van der Waals surface area contributed by atoms with Gasteiger partial charge in [-0.3, -0.25) is 0 Å². The summed E-state index contributed by atoms with van der Waals surface area (Å²) in [7, 11) is 0. The van der Waals surface area contributed by atoms with Gasteiger partial charge in [0.1, 0.15) is 5.71 Å². The van der Waals surface area contributed by atoms with Crippen LogP contribution in [0.5, 0.6) is 0 Å². The van der Waals surface area contributed by atoms with Crippen molar-refractivity contribution >= 4 is 11.5 Å². The number of benzene rings is 1. The Hall–Kier alpha value is -2.20. The molecule has 4 heteroatoms. The van der Waals surface area contributed by atoms with E-state index in [-0.39, 0.29) is 0 Å². The Bertz CT molecular complexity index is 580. The monoisotopic (exact) mass is 224 g/mol. The second-order valence-electron chi connectivity index (χ2n) is 3.91. The van der Waals surface area contributed by atoms with Crippen LogP contribution in [0.1, 0.15) is 6.92 Å². The van der Waals surface area contributed by atoms with Crippen molar-refractivity contribution in [1.82, 2.24) is 15.2 Å². The number of hydrazone groups is 1. The van der Waals surface area contributed by atoms with Crippen molar-refractivity contribution in [3.8, 4) is 11.3 Å². The average molecular weight is 224 g/mol. The van der Waals surface area contributed by atoms with Crippen LogP contribution in [-0.2, 0) is 0 Å². The van der Waals surface area contributed by atoms with E-state index in [1.165, 1.54) is 0 Å². The van der Waals surface area contributed by atoms with Gasteiger partial charge in [0, 0.05) is 11.6 Å². The van der Waals surface area contributed by atoms with E-state index in [0.717, 1.165) is 22.8 Å². The highest BCUT2D eigenvalue weighted by Crippen LogP contribution is 2.22. The zero-order valence-electron chi connectivity index (χ0n) is 9.46. The molecular formula is C13H12N4+. The third-order valence-corrected chi connectivity index (χ3v) is 2.60. The summed E-state index contributed by atoms with van der Waals surface area (Å²) in [5.74, 6) is 0.872. The lowest BCUT2D eigenvalue weighted by Crippen LogP contribution is -2.05. The zero-order chi connectivity index (χ0) is 11.7. The normalized spacial score (nSPS) is 15.2. The topological polar surface area (TPSA) is 46.9 Å². The van der Waals surface area contributed by atoms with E-state index in [4.69, 9.17) is 0 Å². The van der Waals surface area contributed by atoms with Crippen LogP contribution >= 0.6 is 0 Å². The Morgan fingerprint density at radius 1 is 1.18 bits per heavy atom. The first-order valence-corrected chi connectivity index (χ1v) is 5.46. The lowest BCUT2D eigenvalue weighted by molar-refractivity contribution is 0.723. The maximum absolute atomic E-state index is 4.33. The number of anilines is 1. The van der Waals surface area contributed by atoms with Crippen LogP contribution in [0.15, 0.2) is 53.8 Å². The molecular weight excluding hydrogens is 212 g/mol. The second kappa shape index (κ2) is 3.99. The van der Waals surface area contributed by atoms with Gasteiger partial charge in [-0.2, -0.15) is 5.10 Å². The highest BCUT2D eigenvalue weighted by Gasteiger charge is 2.23. The minimum Gasteiger partial charge on any atom is -0.224 e. The third-order valence-electron chi connectivity index (χ3n) is 2.60. The van der Waals surface area contributed by atoms with E-state index in [1.54, 1.807) is 5.01 Å². The van der Waals surface area contributed by atoms with Crippen molar-refractivity contribution in [3.05, 3.63) is 48.7 Å². The molecule has 2 aromatic rings. The maximum atomic E-state index is 4.33. The van der Waals surface area contributed by atoms with Crippen molar-refractivity contribution in [1.29, 1.82) is 0 Å². The van der Waals surface area contributed by atoms with Crippen LogP contribution < -0.4 is 5.01 Å². The van der Waals surface area contributed by atoms with Gasteiger partial charge in [-0.25, -0.2) is 5.10 Å². The molecule has 0 saturated heterocycles. The standard InChI is InChI=1S/C13H12N4/c1-10-7-8-17(16-10)13-9-12(14-15-13)11-5-3-2-4-6-11/h2-9H,1H3,(H,14,15)/q+1. The molecule has 0 fully saturated rings. The fourth-order valence-electron chi connectivity index (χ4n) is 1.73. The lowest BCUT2D eigenvalue weighted by Gasteiger charge is -1.92. The van der Waals surface area contributed by atoms with E-state index < -0.39 is 0 Å². The summed E-state index contributed by atoms with van der Waals surface area (Å²) in [6, 6.07) is 12.1. The van der Waals surface area contributed by atoms with Gasteiger partial charge in [-0.1, -0.05) is 30.3 Å². The number of nitrogens with zero attached hydrogens (tertiary/aromatic N) is 3. The van der Waals surface area contributed by atoms with Gasteiger partial charge in [0.15, 0.2) is 6.20 Å². The van der Waals surface area contributed by atoms with Crippen LogP contribution in [-0.4, -0.2) is 15.9 Å². The summed E-state index contributed by atoms with van der Waals surface area (Å²) in [6.45, 7) is 1.96. The van der Waals surface area contributed by atoms with Crippen LogP contribution in [0, 0.1) is 0 Å². The number of hydrogen-bond donors (Lipinski definition) is 1. The first kappa shape index (κ1) is 9.99. The summed E-state index contributed by atoms with van der Waals surface area (Å²) in [6.07, 6.45) is 3.88. The fourth-order valence-corrected chi connectivity index (χ4v) is 1.73. The molecule has 4 nitrogen and oxygen atoms in total. The van der Waals surface area contributed by atoms with E-state index in [0.29, 0.717) is 0 Å². The zero-order valence-corrected chi connectivity index (χ0v) is 9.46. The van der Waals surface area contributed by atoms with Gasteiger partial charge in [0.05, 0.1) is 16.8 Å². The minimum atomic E-state index is 0.872. The largest absolute Gasteiger partial charge is 0.308 e. The summed E-state index contributed by atoms with van der Waals surface area (Å²) in [5, 5.41) is 13.4. The average Bonchev–Trinajstić information content (AvgIpc) is 2.98. The van der Waals surface area contributed by atoms with Crippen LogP contribution in [0.25, 0.3) is 11.3 Å². The molecule has 83 valence electrons. The Morgan fingerprint density at radius 3 is 2.71 bits per heavy atom. The number of hydrogen-bond acceptors (Lipinski definition) is 3. The quantitative estimate of drug-likeness (QED) is 0.783. The van der Waals surface area contributed by atoms with Gasteiger partial charge in [-0.15, -0.1) is 0 Å². The van der Waals surface area contributed by atoms with Crippen molar-refractivity contribution in [3.63, 3.8) is 0 Å². The van der Waals surface area contributed by atoms with Crippen molar-refractivity contribution in [2.75, 3.05) is 0 Å². The number of allylic oxidation sites excluding steroid dienone is 1. The van der Waals surface area contributed by atoms with Gasteiger partial charge in [0.25, 0.3) is 0 Å². The van der Waals surface area contributed by atoms with Crippen LogP contribution in [0.3, 0.4) is 0 Å². The molecule has 0 aliphatic carbocycles. The van der Waals surface area contributed by atoms with E-state index in [9.17, 15) is 0 Å². The molecule has 0 spiro atoms. The Balaban J connectivity index is 1.92. The van der Waals surface area contributed by atoms with Gasteiger partial charge in [0.2, 0.25) is 0 Å². The first-order chi connectivity index (χ1) is 8.33. The predicted octanol–water partition coefficient (Wildman–Crippen LogP) is 2.75. The summed E-state index contributed by atoms with van der Waals surface area (Å²) in [4.78, 5) is 0. The number of nitrogens with one attached hydrogen (secondary N) is 1. The minimum absolute atomic E-state index is 0.872. The molecule has 1 N–H and O–H groups in total. The number of aromatic amines is 1.